The maximum atomic E-state index is 12.5. The Kier molecular flexibility index (Phi) is 6.89. The molecule has 6 nitrogen and oxygen atoms in total. The Balaban J connectivity index is 2.52. The van der Waals surface area contributed by atoms with Gasteiger partial charge in [-0.25, -0.2) is 4.79 Å². The van der Waals surface area contributed by atoms with E-state index < -0.39 is 12.0 Å². The average Bonchev–Trinajstić information content (AvgIpc) is 2.59. The van der Waals surface area contributed by atoms with Crippen molar-refractivity contribution in [1.82, 2.24) is 10.6 Å². The van der Waals surface area contributed by atoms with E-state index in [0.717, 1.165) is 5.56 Å². The van der Waals surface area contributed by atoms with Crippen LogP contribution in [-0.4, -0.2) is 31.4 Å². The topological polar surface area (TPSA) is 68.8 Å². The molecular formula is C18H19BrN2O4S. The second-order valence-electron chi connectivity index (χ2n) is 5.32. The van der Waals surface area contributed by atoms with Gasteiger partial charge in [0.1, 0.15) is 6.61 Å². The van der Waals surface area contributed by atoms with E-state index in [2.05, 4.69) is 32.5 Å². The van der Waals surface area contributed by atoms with E-state index in [1.165, 1.54) is 7.11 Å². The number of hydrogen-bond donors (Lipinski definition) is 2. The third-order valence-electron chi connectivity index (χ3n) is 3.65. The molecule has 0 bridgehead atoms. The molecule has 2 N–H and O–H groups in total. The first-order valence-corrected chi connectivity index (χ1v) is 9.02. The molecule has 0 fully saturated rings. The number of terminal acetylenes is 1. The van der Waals surface area contributed by atoms with Gasteiger partial charge >= 0.3 is 5.97 Å². The van der Waals surface area contributed by atoms with Gasteiger partial charge in [0.25, 0.3) is 0 Å². The monoisotopic (exact) mass is 438 g/mol. The van der Waals surface area contributed by atoms with Crippen molar-refractivity contribution in [2.75, 3.05) is 20.3 Å². The molecule has 1 atom stereocenters. The fourth-order valence-electron chi connectivity index (χ4n) is 2.58. The van der Waals surface area contributed by atoms with E-state index in [1.54, 1.807) is 19.9 Å². The van der Waals surface area contributed by atoms with Crippen LogP contribution in [0.4, 0.5) is 0 Å². The molecule has 1 aromatic carbocycles. The molecule has 138 valence electrons. The SMILES string of the molecule is C#CCOc1c(Br)cc([C@@H]2NC(=S)NC(C)=C2C(=O)OCC)cc1OC. The van der Waals surface area contributed by atoms with Gasteiger partial charge in [0, 0.05) is 5.70 Å². The number of halogens is 1. The Hall–Kier alpha value is -2.24. The number of carbonyl (C=O) groups is 1. The zero-order chi connectivity index (χ0) is 19.3. The first kappa shape index (κ1) is 20.1. The summed E-state index contributed by atoms with van der Waals surface area (Å²) in [4.78, 5) is 12.5. The summed E-state index contributed by atoms with van der Waals surface area (Å²) in [5.41, 5.74) is 1.85. The van der Waals surface area contributed by atoms with E-state index in [0.29, 0.717) is 32.4 Å². The van der Waals surface area contributed by atoms with Gasteiger partial charge in [0.2, 0.25) is 0 Å². The van der Waals surface area contributed by atoms with Crippen molar-refractivity contribution in [3.05, 3.63) is 33.4 Å². The van der Waals surface area contributed by atoms with Crippen LogP contribution in [0.15, 0.2) is 27.9 Å². The smallest absolute Gasteiger partial charge is 0.338 e. The molecule has 0 aromatic heterocycles. The predicted octanol–water partition coefficient (Wildman–Crippen LogP) is 2.83. The van der Waals surface area contributed by atoms with E-state index in [-0.39, 0.29) is 13.2 Å². The number of ether oxygens (including phenoxy) is 3. The Morgan fingerprint density at radius 3 is 2.81 bits per heavy atom. The third-order valence-corrected chi connectivity index (χ3v) is 4.46. The molecule has 0 saturated heterocycles. The second-order valence-corrected chi connectivity index (χ2v) is 6.58. The summed E-state index contributed by atoms with van der Waals surface area (Å²) in [5, 5.41) is 6.49. The van der Waals surface area contributed by atoms with Crippen molar-refractivity contribution < 1.29 is 19.0 Å². The highest BCUT2D eigenvalue weighted by molar-refractivity contribution is 9.10. The van der Waals surface area contributed by atoms with Crippen LogP contribution in [0.2, 0.25) is 0 Å². The van der Waals surface area contributed by atoms with Crippen LogP contribution in [0.5, 0.6) is 11.5 Å². The summed E-state index contributed by atoms with van der Waals surface area (Å²) < 4.78 is 16.8. The number of methoxy groups -OCH3 is 1. The molecule has 1 aromatic rings. The maximum Gasteiger partial charge on any atom is 0.338 e. The lowest BCUT2D eigenvalue weighted by molar-refractivity contribution is -0.139. The minimum atomic E-state index is -0.491. The van der Waals surface area contributed by atoms with Crippen LogP contribution < -0.4 is 20.1 Å². The van der Waals surface area contributed by atoms with Gasteiger partial charge in [0.05, 0.1) is 29.8 Å². The Labute approximate surface area is 166 Å². The van der Waals surface area contributed by atoms with Gasteiger partial charge in [0.15, 0.2) is 16.6 Å². The Morgan fingerprint density at radius 2 is 2.19 bits per heavy atom. The highest BCUT2D eigenvalue weighted by Crippen LogP contribution is 2.40. The zero-order valence-corrected chi connectivity index (χ0v) is 17.0. The highest BCUT2D eigenvalue weighted by atomic mass is 79.9. The summed E-state index contributed by atoms with van der Waals surface area (Å²) in [7, 11) is 1.53. The number of esters is 1. The summed E-state index contributed by atoms with van der Waals surface area (Å²) in [6.07, 6.45) is 5.26. The first-order valence-electron chi connectivity index (χ1n) is 7.82. The number of thiocarbonyl (C=S) groups is 1. The van der Waals surface area contributed by atoms with Gasteiger partial charge in [-0.15, -0.1) is 6.42 Å². The molecule has 1 aliphatic heterocycles. The number of benzene rings is 1. The van der Waals surface area contributed by atoms with Crippen molar-refractivity contribution in [3.63, 3.8) is 0 Å². The van der Waals surface area contributed by atoms with Crippen LogP contribution >= 0.6 is 28.1 Å². The average molecular weight is 439 g/mol. The lowest BCUT2D eigenvalue weighted by Gasteiger charge is -2.30. The maximum absolute atomic E-state index is 12.5. The second kappa shape index (κ2) is 8.92. The minimum Gasteiger partial charge on any atom is -0.493 e. The molecule has 26 heavy (non-hydrogen) atoms. The summed E-state index contributed by atoms with van der Waals surface area (Å²) >= 11 is 8.71. The van der Waals surface area contributed by atoms with Gasteiger partial charge in [-0.05, 0) is 59.7 Å². The van der Waals surface area contributed by atoms with Crippen molar-refractivity contribution in [2.24, 2.45) is 0 Å². The highest BCUT2D eigenvalue weighted by Gasteiger charge is 2.32. The number of rotatable bonds is 6. The molecule has 1 aliphatic rings. The number of allylic oxidation sites excluding steroid dienone is 1. The normalized spacial score (nSPS) is 16.3. The van der Waals surface area contributed by atoms with Crippen molar-refractivity contribution >= 4 is 39.2 Å². The van der Waals surface area contributed by atoms with E-state index in [1.807, 2.05) is 6.07 Å². The van der Waals surface area contributed by atoms with Gasteiger partial charge in [-0.2, -0.15) is 0 Å². The van der Waals surface area contributed by atoms with Crippen LogP contribution in [-0.2, 0) is 9.53 Å². The molecular weight excluding hydrogens is 420 g/mol. The van der Waals surface area contributed by atoms with Gasteiger partial charge < -0.3 is 24.8 Å². The van der Waals surface area contributed by atoms with Crippen LogP contribution in [0.25, 0.3) is 0 Å². The zero-order valence-electron chi connectivity index (χ0n) is 14.6. The number of nitrogens with one attached hydrogen (secondary N) is 2. The van der Waals surface area contributed by atoms with E-state index in [4.69, 9.17) is 32.9 Å². The lowest BCUT2D eigenvalue weighted by Crippen LogP contribution is -2.45. The van der Waals surface area contributed by atoms with Gasteiger partial charge in [-0.1, -0.05) is 5.92 Å². The quantitative estimate of drug-likeness (QED) is 0.402. The van der Waals surface area contributed by atoms with Crippen molar-refractivity contribution in [2.45, 2.75) is 19.9 Å². The first-order chi connectivity index (χ1) is 12.4. The largest absolute Gasteiger partial charge is 0.493 e. The predicted molar refractivity (Wildman–Crippen MR) is 106 cm³/mol. The summed E-state index contributed by atoms with van der Waals surface area (Å²) in [5.74, 6) is 2.97. The molecule has 8 heteroatoms. The van der Waals surface area contributed by atoms with Gasteiger partial charge in [-0.3, -0.25) is 0 Å². The fraction of sp³-hybridized carbons (Fsp3) is 0.333. The fourth-order valence-corrected chi connectivity index (χ4v) is 3.43. The minimum absolute atomic E-state index is 0.108. The third kappa shape index (κ3) is 4.29. The molecule has 1 heterocycles. The van der Waals surface area contributed by atoms with Crippen LogP contribution in [0.1, 0.15) is 25.5 Å². The Bertz CT molecular complexity index is 801. The van der Waals surface area contributed by atoms with Crippen molar-refractivity contribution in [3.8, 4) is 23.8 Å². The summed E-state index contributed by atoms with van der Waals surface area (Å²) in [6, 6.07) is 3.11. The molecule has 0 spiro atoms. The van der Waals surface area contributed by atoms with Crippen LogP contribution in [0, 0.1) is 12.3 Å². The summed E-state index contributed by atoms with van der Waals surface area (Å²) in [6.45, 7) is 3.92. The van der Waals surface area contributed by atoms with E-state index >= 15 is 0 Å². The molecule has 0 unspecified atom stereocenters. The lowest BCUT2D eigenvalue weighted by atomic mass is 9.95. The Morgan fingerprint density at radius 1 is 1.46 bits per heavy atom. The standard InChI is InChI=1S/C18H19BrN2O4S/c1-5-7-25-16-12(19)8-11(9-13(16)23-4)15-14(17(22)24-6-2)10(3)20-18(26)21-15/h1,8-9,15H,6-7H2,2-4H3,(H2,20,21,26)/t15-/m0/s1. The van der Waals surface area contributed by atoms with Crippen molar-refractivity contribution in [1.29, 1.82) is 0 Å². The van der Waals surface area contributed by atoms with E-state index in [9.17, 15) is 4.79 Å². The van der Waals surface area contributed by atoms with Crippen LogP contribution in [0.3, 0.4) is 0 Å². The molecule has 0 aliphatic carbocycles. The molecule has 0 saturated carbocycles. The number of hydrogen-bond acceptors (Lipinski definition) is 5. The molecule has 0 amide bonds. The molecule has 0 radical (unpaired) electrons. The molecule has 2 rings (SSSR count). The number of carbonyl (C=O) groups excluding carboxylic acids is 1.